The van der Waals surface area contributed by atoms with Crippen LogP contribution >= 0.6 is 0 Å². The van der Waals surface area contributed by atoms with Crippen molar-refractivity contribution in [3.63, 3.8) is 0 Å². The smallest absolute Gasteiger partial charge is 0.0198 e. The Kier molecular flexibility index (Phi) is 14.0. The summed E-state index contributed by atoms with van der Waals surface area (Å²) in [6.07, 6.45) is 2.25. The Bertz CT molecular complexity index is 243. The van der Waals surface area contributed by atoms with Crippen LogP contribution in [0.3, 0.4) is 0 Å². The van der Waals surface area contributed by atoms with Crippen LogP contribution in [-0.4, -0.2) is 54.8 Å². The third-order valence-corrected chi connectivity index (χ3v) is 3.01. The molecule has 0 spiro atoms. The first kappa shape index (κ1) is 20.5. The summed E-state index contributed by atoms with van der Waals surface area (Å²) >= 11 is 0. The quantitative estimate of drug-likeness (QED) is 0.745. The molecule has 1 radical (unpaired) electrons. The minimum Gasteiger partial charge on any atom is -0.810 e. The molecule has 1 aliphatic heterocycles. The van der Waals surface area contributed by atoms with Gasteiger partial charge in [0.25, 0.3) is 0 Å². The maximum absolute atomic E-state index is 8.87. The first-order valence-electron chi connectivity index (χ1n) is 6.51. The monoisotopic (exact) mass is 327 g/mol. The number of nitrogens with zero attached hydrogens (tertiary/aromatic N) is 3. The molecule has 1 rings (SSSR count). The Morgan fingerprint density at radius 1 is 1.39 bits per heavy atom. The molecule has 0 aromatic heterocycles. The van der Waals surface area contributed by atoms with Crippen molar-refractivity contribution >= 4 is 6.21 Å². The summed E-state index contributed by atoms with van der Waals surface area (Å²) < 4.78 is 0. The number of piperazine rings is 1. The van der Waals surface area contributed by atoms with Gasteiger partial charge in [-0.3, -0.25) is 9.80 Å². The van der Waals surface area contributed by atoms with Gasteiger partial charge in [0.15, 0.2) is 0 Å². The molecule has 1 heterocycles. The van der Waals surface area contributed by atoms with Gasteiger partial charge >= 0.3 is 0 Å². The van der Waals surface area contributed by atoms with Crippen LogP contribution in [0.4, 0.5) is 0 Å². The fourth-order valence-electron chi connectivity index (χ4n) is 2.07. The van der Waals surface area contributed by atoms with Gasteiger partial charge < -0.3 is 11.1 Å². The fraction of sp³-hybridized carbons (Fsp3) is 0.769. The minimum atomic E-state index is 0. The van der Waals surface area contributed by atoms with Crippen LogP contribution in [0.25, 0.3) is 11.1 Å². The summed E-state index contributed by atoms with van der Waals surface area (Å²) in [4.78, 5) is 4.73. The Morgan fingerprint density at radius 2 is 2.00 bits per heavy atom. The minimum absolute atomic E-state index is 0. The molecule has 0 aromatic carbocycles. The first-order chi connectivity index (χ1) is 8.21. The van der Waals surface area contributed by atoms with E-state index in [9.17, 15) is 0 Å². The van der Waals surface area contributed by atoms with Gasteiger partial charge in [-0.05, 0) is 13.5 Å². The standard InChI is InChI=1S/C11H20N4.C2H6.Y/c1-3-15-5-4-14(8-10(15)2)9-11(6-12)7-13;1-2;/h6-7,10,12H,3-5,8-9H2,1-2H3;1-2H3;/q-2;;/b11-6+;;. The van der Waals surface area contributed by atoms with E-state index in [0.717, 1.165) is 32.4 Å². The van der Waals surface area contributed by atoms with E-state index in [1.807, 2.05) is 13.8 Å². The zero-order valence-corrected chi connectivity index (χ0v) is 15.0. The molecule has 0 amide bonds. The summed E-state index contributed by atoms with van der Waals surface area (Å²) in [5.41, 5.74) is 7.79. The molecular formula is C13H26N4Y-2. The third kappa shape index (κ3) is 6.98. The van der Waals surface area contributed by atoms with E-state index >= 15 is 0 Å². The Morgan fingerprint density at radius 3 is 2.39 bits per heavy atom. The van der Waals surface area contributed by atoms with Crippen LogP contribution < -0.4 is 0 Å². The molecule has 18 heavy (non-hydrogen) atoms. The van der Waals surface area contributed by atoms with Crippen LogP contribution in [0, 0.1) is 0 Å². The number of nitrogens with one attached hydrogen (secondary N) is 1. The third-order valence-electron chi connectivity index (χ3n) is 3.01. The van der Waals surface area contributed by atoms with Crippen molar-refractivity contribution in [1.82, 2.24) is 9.80 Å². The maximum Gasteiger partial charge on any atom is 0.0198 e. The molecule has 1 N–H and O–H groups in total. The van der Waals surface area contributed by atoms with Crippen LogP contribution in [-0.2, 0) is 32.7 Å². The van der Waals surface area contributed by atoms with Gasteiger partial charge in [0.2, 0.25) is 0 Å². The molecule has 4 nitrogen and oxygen atoms in total. The second-order valence-corrected chi connectivity index (χ2v) is 4.06. The summed E-state index contributed by atoms with van der Waals surface area (Å²) in [6, 6.07) is 0.564. The van der Waals surface area contributed by atoms with Crippen LogP contribution in [0.1, 0.15) is 27.7 Å². The zero-order chi connectivity index (χ0) is 13.3. The SMILES string of the molecule is CC.CCN1CCN(C/C(C=[N-])=C/[NH-])CC1C.[Y]. The summed E-state index contributed by atoms with van der Waals surface area (Å²) in [6.45, 7) is 13.3. The second-order valence-electron chi connectivity index (χ2n) is 4.06. The van der Waals surface area contributed by atoms with E-state index in [1.54, 1.807) is 0 Å². The van der Waals surface area contributed by atoms with E-state index in [-0.39, 0.29) is 32.7 Å². The van der Waals surface area contributed by atoms with Crippen LogP contribution in [0.5, 0.6) is 0 Å². The molecule has 5 heteroatoms. The van der Waals surface area contributed by atoms with Crippen LogP contribution in [0.2, 0.25) is 0 Å². The Hall–Kier alpha value is 0.234. The maximum atomic E-state index is 8.87. The predicted octanol–water partition coefficient (Wildman–Crippen LogP) is 2.61. The van der Waals surface area contributed by atoms with E-state index in [4.69, 9.17) is 11.1 Å². The van der Waals surface area contributed by atoms with Crippen molar-refractivity contribution in [3.8, 4) is 0 Å². The van der Waals surface area contributed by atoms with Crippen molar-refractivity contribution in [2.24, 2.45) is 0 Å². The molecule has 1 fully saturated rings. The first-order valence-corrected chi connectivity index (χ1v) is 6.51. The molecule has 103 valence electrons. The Labute approximate surface area is 137 Å². The molecule has 1 atom stereocenters. The van der Waals surface area contributed by atoms with E-state index in [2.05, 4.69) is 23.6 Å². The predicted molar refractivity (Wildman–Crippen MR) is 76.3 cm³/mol. The molecule has 1 aliphatic rings. The van der Waals surface area contributed by atoms with Gasteiger partial charge in [-0.15, -0.1) is 0 Å². The number of hydrogen-bond acceptors (Lipinski definition) is 2. The number of hydrogen-bond donors (Lipinski definition) is 0. The van der Waals surface area contributed by atoms with Gasteiger partial charge in [0.1, 0.15) is 0 Å². The largest absolute Gasteiger partial charge is 0.810 e. The van der Waals surface area contributed by atoms with Gasteiger partial charge in [-0.2, -0.15) is 12.4 Å². The Balaban J connectivity index is 0. The number of likely N-dealkylation sites (N-methyl/N-ethyl adjacent to an activating group) is 1. The molecule has 0 bridgehead atoms. The molecular weight excluding hydrogens is 301 g/mol. The van der Waals surface area contributed by atoms with Crippen molar-refractivity contribution in [2.75, 3.05) is 32.7 Å². The fourth-order valence-corrected chi connectivity index (χ4v) is 2.07. The average molecular weight is 327 g/mol. The van der Waals surface area contributed by atoms with Crippen molar-refractivity contribution in [3.05, 3.63) is 22.9 Å². The second kappa shape index (κ2) is 12.3. The van der Waals surface area contributed by atoms with Crippen molar-refractivity contribution in [2.45, 2.75) is 33.7 Å². The van der Waals surface area contributed by atoms with Crippen molar-refractivity contribution < 1.29 is 32.7 Å². The van der Waals surface area contributed by atoms with E-state index in [0.29, 0.717) is 18.2 Å². The average Bonchev–Trinajstić information content (AvgIpc) is 2.38. The molecule has 0 aromatic rings. The molecule has 1 unspecified atom stereocenters. The van der Waals surface area contributed by atoms with E-state index in [1.165, 1.54) is 6.20 Å². The number of rotatable bonds is 4. The molecule has 0 saturated carbocycles. The zero-order valence-electron chi connectivity index (χ0n) is 12.2. The van der Waals surface area contributed by atoms with Gasteiger partial charge in [-0.25, -0.2) is 0 Å². The topological polar surface area (TPSA) is 52.6 Å². The summed E-state index contributed by atoms with van der Waals surface area (Å²) in [5.74, 6) is 0. The van der Waals surface area contributed by atoms with Gasteiger partial charge in [-0.1, -0.05) is 26.3 Å². The normalized spacial score (nSPS) is 21.6. The summed E-state index contributed by atoms with van der Waals surface area (Å²) in [7, 11) is 0. The van der Waals surface area contributed by atoms with Crippen molar-refractivity contribution in [1.29, 1.82) is 0 Å². The van der Waals surface area contributed by atoms with E-state index < -0.39 is 0 Å². The molecule has 0 aliphatic carbocycles. The van der Waals surface area contributed by atoms with Crippen LogP contribution in [0.15, 0.2) is 11.8 Å². The van der Waals surface area contributed by atoms with Gasteiger partial charge in [0, 0.05) is 64.9 Å². The van der Waals surface area contributed by atoms with Gasteiger partial charge in [0.05, 0.1) is 0 Å². The summed E-state index contributed by atoms with van der Waals surface area (Å²) in [5, 5.41) is 8.87. The molecule has 1 saturated heterocycles.